The third-order valence-electron chi connectivity index (χ3n) is 11.3. The number of likely N-dealkylation sites (tertiary alicyclic amines) is 1. The van der Waals surface area contributed by atoms with E-state index in [2.05, 4.69) is 20.5 Å². The van der Waals surface area contributed by atoms with Gasteiger partial charge in [-0.05, 0) is 94.6 Å². The molecule has 14 heteroatoms. The molecule has 0 unspecified atom stereocenters. The van der Waals surface area contributed by atoms with E-state index in [9.17, 15) is 29.1 Å². The van der Waals surface area contributed by atoms with Crippen LogP contribution in [0, 0.1) is 11.8 Å². The van der Waals surface area contributed by atoms with E-state index in [0.29, 0.717) is 42.1 Å². The number of hydrogen-bond acceptors (Lipinski definition) is 10. The standard InChI is InChI=1S/C39H58N6O7S/c1-9-23(5)33(43-38(51)39(7)15-11-12-16-44(39)8)36(48)45(10-2)31(22(3)4)20-32(52-24(6)46)35-42-30(21-53-35)34(47)41-27-17-25-13-14-26(40)18-28(25)29(19-27)37(49)50/h13-14,18,21-23,27,29,31-33H,9-12,15-17,19-20,40H2,1-8H3,(H,41,47)(H,43,51)(H,49,50)/t23-,27-,29+,31+,32+,33-,39+/m0/s1. The van der Waals surface area contributed by atoms with Crippen LogP contribution in [0.1, 0.15) is 126 Å². The molecule has 1 aromatic carbocycles. The van der Waals surface area contributed by atoms with Crippen molar-refractivity contribution in [3.63, 3.8) is 0 Å². The van der Waals surface area contributed by atoms with E-state index in [4.69, 9.17) is 10.5 Å². The molecule has 1 aliphatic carbocycles. The number of nitrogens with zero attached hydrogens (tertiary/aromatic N) is 3. The highest BCUT2D eigenvalue weighted by Crippen LogP contribution is 2.35. The maximum atomic E-state index is 14.5. The first kappa shape index (κ1) is 41.7. The Kier molecular flexibility index (Phi) is 14.1. The lowest BCUT2D eigenvalue weighted by atomic mass is 9.80. The van der Waals surface area contributed by atoms with E-state index in [1.807, 2.05) is 48.6 Å². The van der Waals surface area contributed by atoms with Crippen LogP contribution in [-0.4, -0.2) is 93.4 Å². The second-order valence-corrected chi connectivity index (χ2v) is 16.2. The first-order valence-corrected chi connectivity index (χ1v) is 19.8. The predicted molar refractivity (Wildman–Crippen MR) is 204 cm³/mol. The van der Waals surface area contributed by atoms with Crippen LogP contribution in [0.25, 0.3) is 0 Å². The number of piperidine rings is 1. The van der Waals surface area contributed by atoms with Crippen LogP contribution in [-0.2, 0) is 30.3 Å². The molecule has 3 amide bonds. The average molecular weight is 755 g/mol. The SMILES string of the molecule is CC[C@H](C)[C@H](NC(=O)[C@@]1(C)CCCCN1C)C(=O)N(CC)[C@H](C[C@@H](OC(C)=O)c1nc(C(=O)N[C@H]2Cc3ccc(N)cc3[C@H](C(=O)O)C2)cs1)C(C)C. The second-order valence-electron chi connectivity index (χ2n) is 15.3. The second kappa shape index (κ2) is 17.9. The summed E-state index contributed by atoms with van der Waals surface area (Å²) in [5.74, 6) is -3.30. The summed E-state index contributed by atoms with van der Waals surface area (Å²) in [5, 5.41) is 18.0. The number of hydrogen-bond donors (Lipinski definition) is 4. The number of nitrogens with two attached hydrogens (primary N) is 1. The monoisotopic (exact) mass is 754 g/mol. The van der Waals surface area contributed by atoms with Crippen LogP contribution in [0.5, 0.6) is 0 Å². The van der Waals surface area contributed by atoms with Crippen LogP contribution in [0.4, 0.5) is 5.69 Å². The predicted octanol–water partition coefficient (Wildman–Crippen LogP) is 4.91. The lowest BCUT2D eigenvalue weighted by Gasteiger charge is -2.43. The summed E-state index contributed by atoms with van der Waals surface area (Å²) in [7, 11) is 1.95. The zero-order chi connectivity index (χ0) is 39.2. The van der Waals surface area contributed by atoms with Gasteiger partial charge < -0.3 is 31.1 Å². The number of benzene rings is 1. The fourth-order valence-electron chi connectivity index (χ4n) is 7.66. The van der Waals surface area contributed by atoms with E-state index >= 15 is 0 Å². The minimum Gasteiger partial charge on any atom is -0.481 e. The van der Waals surface area contributed by atoms with Crippen molar-refractivity contribution >= 4 is 46.7 Å². The van der Waals surface area contributed by atoms with Gasteiger partial charge in [0.25, 0.3) is 5.91 Å². The van der Waals surface area contributed by atoms with Crippen molar-refractivity contribution < 1.29 is 33.8 Å². The van der Waals surface area contributed by atoms with E-state index in [1.54, 1.807) is 28.5 Å². The fraction of sp³-hybridized carbons (Fsp3) is 0.641. The number of thiazole rings is 1. The van der Waals surface area contributed by atoms with Crippen LogP contribution in [0.15, 0.2) is 23.6 Å². The van der Waals surface area contributed by atoms with Crippen molar-refractivity contribution in [2.45, 2.75) is 129 Å². The summed E-state index contributed by atoms with van der Waals surface area (Å²) in [6, 6.07) is 3.63. The van der Waals surface area contributed by atoms with Crippen molar-refractivity contribution in [1.82, 2.24) is 25.4 Å². The molecular formula is C39H58N6O7S. The molecular weight excluding hydrogens is 697 g/mol. The Morgan fingerprint density at radius 1 is 1.17 bits per heavy atom. The Morgan fingerprint density at radius 3 is 2.49 bits per heavy atom. The summed E-state index contributed by atoms with van der Waals surface area (Å²) < 4.78 is 5.81. The molecule has 1 aliphatic heterocycles. The van der Waals surface area contributed by atoms with Crippen LogP contribution >= 0.6 is 11.3 Å². The Hall–Kier alpha value is -4.04. The van der Waals surface area contributed by atoms with Gasteiger partial charge in [-0.25, -0.2) is 4.98 Å². The number of ether oxygens (including phenoxy) is 1. The molecule has 0 bridgehead atoms. The first-order chi connectivity index (χ1) is 25.0. The fourth-order valence-corrected chi connectivity index (χ4v) is 8.50. The average Bonchev–Trinajstić information content (AvgIpc) is 3.61. The number of aliphatic carboxylic acids is 1. The number of carboxylic acids is 1. The van der Waals surface area contributed by atoms with E-state index in [-0.39, 0.29) is 42.2 Å². The Bertz CT molecular complexity index is 1650. The Morgan fingerprint density at radius 2 is 1.89 bits per heavy atom. The van der Waals surface area contributed by atoms with Crippen molar-refractivity contribution in [3.05, 3.63) is 45.4 Å². The molecule has 2 aromatic rings. The molecule has 0 radical (unpaired) electrons. The number of carbonyl (C=O) groups is 5. The quantitative estimate of drug-likeness (QED) is 0.144. The summed E-state index contributed by atoms with van der Waals surface area (Å²) in [5.41, 5.74) is 7.31. The highest BCUT2D eigenvalue weighted by molar-refractivity contribution is 7.09. The van der Waals surface area contributed by atoms with Gasteiger partial charge in [0.15, 0.2) is 6.10 Å². The minimum atomic E-state index is -0.987. The number of aromatic nitrogens is 1. The van der Waals surface area contributed by atoms with Gasteiger partial charge in [0.2, 0.25) is 11.8 Å². The zero-order valence-electron chi connectivity index (χ0n) is 32.4. The minimum absolute atomic E-state index is 0.0540. The highest BCUT2D eigenvalue weighted by Gasteiger charge is 2.43. The molecule has 0 saturated carbocycles. The summed E-state index contributed by atoms with van der Waals surface area (Å²) in [4.78, 5) is 74.7. The van der Waals surface area contributed by atoms with Crippen molar-refractivity contribution in [3.8, 4) is 0 Å². The molecule has 1 saturated heterocycles. The first-order valence-electron chi connectivity index (χ1n) is 18.9. The molecule has 292 valence electrons. The molecule has 1 fully saturated rings. The van der Waals surface area contributed by atoms with Gasteiger partial charge in [0.1, 0.15) is 16.7 Å². The number of amides is 3. The van der Waals surface area contributed by atoms with Gasteiger partial charge in [-0.15, -0.1) is 11.3 Å². The summed E-state index contributed by atoms with van der Waals surface area (Å²) in [6.07, 6.45) is 3.42. The van der Waals surface area contributed by atoms with E-state index < -0.39 is 53.5 Å². The normalized spacial score (nSPS) is 22.5. The number of nitrogen functional groups attached to an aromatic ring is 1. The number of likely N-dealkylation sites (N-methyl/N-ethyl adjacent to an activating group) is 2. The maximum Gasteiger partial charge on any atom is 0.311 e. The zero-order valence-corrected chi connectivity index (χ0v) is 33.3. The van der Waals surface area contributed by atoms with Gasteiger partial charge in [0.05, 0.1) is 11.5 Å². The molecule has 53 heavy (non-hydrogen) atoms. The van der Waals surface area contributed by atoms with Gasteiger partial charge >= 0.3 is 11.9 Å². The molecule has 13 nitrogen and oxygen atoms in total. The maximum absolute atomic E-state index is 14.5. The van der Waals surface area contributed by atoms with Crippen LogP contribution < -0.4 is 16.4 Å². The van der Waals surface area contributed by atoms with Crippen molar-refractivity contribution in [2.75, 3.05) is 25.9 Å². The molecule has 5 N–H and O–H groups in total. The van der Waals surface area contributed by atoms with Gasteiger partial charge in [-0.1, -0.05) is 40.2 Å². The molecule has 2 aliphatic rings. The number of rotatable bonds is 15. The summed E-state index contributed by atoms with van der Waals surface area (Å²) >= 11 is 1.18. The van der Waals surface area contributed by atoms with Crippen LogP contribution in [0.2, 0.25) is 0 Å². The highest BCUT2D eigenvalue weighted by atomic mass is 32.1. The Labute approximate surface area is 317 Å². The lowest BCUT2D eigenvalue weighted by molar-refractivity contribution is -0.150. The molecule has 1 aromatic heterocycles. The van der Waals surface area contributed by atoms with E-state index in [0.717, 1.165) is 24.9 Å². The van der Waals surface area contributed by atoms with Crippen molar-refractivity contribution in [2.24, 2.45) is 11.8 Å². The molecule has 2 heterocycles. The molecule has 4 rings (SSSR count). The largest absolute Gasteiger partial charge is 0.481 e. The summed E-state index contributed by atoms with van der Waals surface area (Å²) in [6.45, 7) is 14.3. The van der Waals surface area contributed by atoms with Gasteiger partial charge in [-0.2, -0.15) is 0 Å². The number of nitrogens with one attached hydrogen (secondary N) is 2. The number of fused-ring (bicyclic) bond motifs is 1. The Balaban J connectivity index is 1.54. The molecule has 7 atom stereocenters. The van der Waals surface area contributed by atoms with Gasteiger partial charge in [-0.3, -0.25) is 28.9 Å². The van der Waals surface area contributed by atoms with E-state index in [1.165, 1.54) is 18.3 Å². The van der Waals surface area contributed by atoms with Crippen molar-refractivity contribution in [1.29, 1.82) is 0 Å². The van der Waals surface area contributed by atoms with Gasteiger partial charge in [0, 0.05) is 43.0 Å². The third-order valence-corrected chi connectivity index (χ3v) is 12.2. The number of carbonyl (C=O) groups excluding carboxylic acids is 4. The topological polar surface area (TPSA) is 184 Å². The number of carboxylic acid groups (broad SMARTS) is 1. The lowest BCUT2D eigenvalue weighted by Crippen LogP contribution is -2.63. The number of esters is 1. The molecule has 0 spiro atoms. The third kappa shape index (κ3) is 9.74. The van der Waals surface area contributed by atoms with Crippen LogP contribution in [0.3, 0.4) is 0 Å². The number of anilines is 1. The smallest absolute Gasteiger partial charge is 0.311 e.